The minimum Gasteiger partial charge on any atom is -0.495 e. The van der Waals surface area contributed by atoms with Gasteiger partial charge in [0.1, 0.15) is 18.9 Å². The highest BCUT2D eigenvalue weighted by Crippen LogP contribution is 2.40. The molecular weight excluding hydrogens is 608 g/mol. The Morgan fingerprint density at radius 2 is 1.85 bits per heavy atom. The van der Waals surface area contributed by atoms with Gasteiger partial charge in [-0.1, -0.05) is 41.9 Å². The van der Waals surface area contributed by atoms with Gasteiger partial charge in [0.05, 0.1) is 28.1 Å². The van der Waals surface area contributed by atoms with Crippen molar-refractivity contribution in [2.75, 3.05) is 25.6 Å². The van der Waals surface area contributed by atoms with Gasteiger partial charge in [0.2, 0.25) is 5.91 Å². The van der Waals surface area contributed by atoms with Gasteiger partial charge in [-0.25, -0.2) is 0 Å². The van der Waals surface area contributed by atoms with E-state index >= 15 is 0 Å². The molecule has 1 heterocycles. The molecule has 3 amide bonds. The Morgan fingerprint density at radius 1 is 1.08 bits per heavy atom. The maximum atomic E-state index is 13.0. The number of methoxy groups -OCH3 is 1. The summed E-state index contributed by atoms with van der Waals surface area (Å²) in [5.74, 6) is 0.375. The number of ether oxygens (including phenoxy) is 3. The molecule has 1 saturated heterocycles. The molecule has 39 heavy (non-hydrogen) atoms. The zero-order valence-corrected chi connectivity index (χ0v) is 24.2. The molecule has 0 saturated carbocycles. The number of amides is 3. The maximum Gasteiger partial charge on any atom is 0.294 e. The first kappa shape index (κ1) is 28.5. The normalized spacial score (nSPS) is 14.1. The lowest BCUT2D eigenvalue weighted by atomic mass is 10.1. The van der Waals surface area contributed by atoms with E-state index in [1.54, 1.807) is 30.3 Å². The number of nitrogens with one attached hydrogen (secondary N) is 1. The first-order valence-electron chi connectivity index (χ1n) is 11.8. The predicted octanol–water partition coefficient (Wildman–Crippen LogP) is 6.76. The van der Waals surface area contributed by atoms with E-state index in [-0.39, 0.29) is 4.91 Å². The van der Waals surface area contributed by atoms with Crippen molar-refractivity contribution >= 4 is 68.1 Å². The molecule has 0 unspecified atom stereocenters. The third-order valence-electron chi connectivity index (χ3n) is 5.47. The predicted molar refractivity (Wildman–Crippen MR) is 155 cm³/mol. The van der Waals surface area contributed by atoms with Gasteiger partial charge in [-0.3, -0.25) is 19.3 Å². The van der Waals surface area contributed by atoms with Crippen molar-refractivity contribution in [2.45, 2.75) is 13.5 Å². The number of carbonyl (C=O) groups is 3. The summed E-state index contributed by atoms with van der Waals surface area (Å²) in [5.41, 5.74) is 2.04. The van der Waals surface area contributed by atoms with E-state index in [9.17, 15) is 14.4 Å². The van der Waals surface area contributed by atoms with Gasteiger partial charge in [-0.2, -0.15) is 0 Å². The zero-order chi connectivity index (χ0) is 27.9. The summed E-state index contributed by atoms with van der Waals surface area (Å²) in [6, 6.07) is 18.0. The molecule has 1 aliphatic rings. The van der Waals surface area contributed by atoms with Crippen molar-refractivity contribution in [3.05, 3.63) is 86.2 Å². The van der Waals surface area contributed by atoms with Gasteiger partial charge in [-0.15, -0.1) is 0 Å². The summed E-state index contributed by atoms with van der Waals surface area (Å²) >= 11 is 10.4. The van der Waals surface area contributed by atoms with Crippen LogP contribution in [0.1, 0.15) is 18.1 Å². The smallest absolute Gasteiger partial charge is 0.294 e. The van der Waals surface area contributed by atoms with Crippen molar-refractivity contribution in [1.82, 2.24) is 4.90 Å². The topological polar surface area (TPSA) is 94.2 Å². The third-order valence-corrected chi connectivity index (χ3v) is 7.26. The van der Waals surface area contributed by atoms with E-state index < -0.39 is 23.6 Å². The quantitative estimate of drug-likeness (QED) is 0.247. The van der Waals surface area contributed by atoms with E-state index in [1.165, 1.54) is 13.2 Å². The number of thioether (sulfide) groups is 1. The first-order chi connectivity index (χ1) is 18.8. The van der Waals surface area contributed by atoms with E-state index in [2.05, 4.69) is 21.2 Å². The second kappa shape index (κ2) is 13.1. The summed E-state index contributed by atoms with van der Waals surface area (Å²) in [5, 5.41) is 2.41. The van der Waals surface area contributed by atoms with Crippen LogP contribution in [-0.2, 0) is 16.2 Å². The van der Waals surface area contributed by atoms with Gasteiger partial charge in [-0.05, 0) is 82.2 Å². The summed E-state index contributed by atoms with van der Waals surface area (Å²) in [6.07, 6.45) is 1.58. The van der Waals surface area contributed by atoms with Crippen molar-refractivity contribution in [2.24, 2.45) is 0 Å². The zero-order valence-electron chi connectivity index (χ0n) is 21.0. The molecule has 0 spiro atoms. The van der Waals surface area contributed by atoms with Crippen LogP contribution in [0.3, 0.4) is 0 Å². The van der Waals surface area contributed by atoms with Crippen LogP contribution in [0.25, 0.3) is 6.08 Å². The molecule has 1 fully saturated rings. The van der Waals surface area contributed by atoms with Crippen LogP contribution in [-0.4, -0.2) is 42.2 Å². The van der Waals surface area contributed by atoms with Gasteiger partial charge < -0.3 is 19.5 Å². The lowest BCUT2D eigenvalue weighted by Crippen LogP contribution is -2.36. The molecule has 11 heteroatoms. The van der Waals surface area contributed by atoms with Crippen molar-refractivity contribution < 1.29 is 28.6 Å². The fourth-order valence-electron chi connectivity index (χ4n) is 3.68. The number of nitrogens with zero attached hydrogens (tertiary/aromatic N) is 1. The van der Waals surface area contributed by atoms with Crippen molar-refractivity contribution in [3.8, 4) is 17.2 Å². The van der Waals surface area contributed by atoms with Crippen LogP contribution in [0.15, 0.2) is 70.0 Å². The van der Waals surface area contributed by atoms with Gasteiger partial charge in [0.25, 0.3) is 11.1 Å². The van der Waals surface area contributed by atoms with Crippen molar-refractivity contribution in [1.29, 1.82) is 0 Å². The number of hydrogen-bond donors (Lipinski definition) is 1. The average molecular weight is 632 g/mol. The molecule has 0 atom stereocenters. The first-order valence-corrected chi connectivity index (χ1v) is 13.8. The van der Waals surface area contributed by atoms with Crippen LogP contribution in [0.4, 0.5) is 10.5 Å². The lowest BCUT2D eigenvalue weighted by Gasteiger charge is -2.15. The van der Waals surface area contributed by atoms with Crippen LogP contribution < -0.4 is 19.5 Å². The van der Waals surface area contributed by atoms with Gasteiger partial charge in [0, 0.05) is 5.69 Å². The Morgan fingerprint density at radius 3 is 2.54 bits per heavy atom. The summed E-state index contributed by atoms with van der Waals surface area (Å²) in [4.78, 5) is 39.2. The second-order valence-electron chi connectivity index (χ2n) is 8.20. The largest absolute Gasteiger partial charge is 0.495 e. The fourth-order valence-corrected chi connectivity index (χ4v) is 5.35. The third kappa shape index (κ3) is 7.14. The molecule has 0 bridgehead atoms. The molecule has 8 nitrogen and oxygen atoms in total. The standard InChI is InChI=1S/C28H24BrClN2O6S/c1-3-37-23-12-18(11-20(29)26(23)38-16-17-7-5-4-6-8-17)13-24-27(34)32(28(35)39-24)15-25(33)31-19-9-10-22(36-2)21(30)14-19/h4-14H,3,15-16H2,1-2H3,(H,31,33)/b24-13+. The Balaban J connectivity index is 1.47. The summed E-state index contributed by atoms with van der Waals surface area (Å²) in [7, 11) is 1.48. The number of imide groups is 1. The van der Waals surface area contributed by atoms with Gasteiger partial charge >= 0.3 is 0 Å². The monoisotopic (exact) mass is 630 g/mol. The Hall–Kier alpha value is -3.47. The highest BCUT2D eigenvalue weighted by atomic mass is 79.9. The molecule has 3 aromatic rings. The Labute approximate surface area is 243 Å². The lowest BCUT2D eigenvalue weighted by molar-refractivity contribution is -0.127. The van der Waals surface area contributed by atoms with Crippen LogP contribution >= 0.6 is 39.3 Å². The van der Waals surface area contributed by atoms with Gasteiger partial charge in [0.15, 0.2) is 11.5 Å². The molecule has 202 valence electrons. The maximum absolute atomic E-state index is 13.0. The van der Waals surface area contributed by atoms with E-state index in [4.69, 9.17) is 25.8 Å². The van der Waals surface area contributed by atoms with E-state index in [0.29, 0.717) is 51.2 Å². The SMILES string of the molecule is CCOc1cc(/C=C2/SC(=O)N(CC(=O)Nc3ccc(OC)c(Cl)c3)C2=O)cc(Br)c1OCc1ccccc1. The Kier molecular flexibility index (Phi) is 9.55. The van der Waals surface area contributed by atoms with Crippen molar-refractivity contribution in [3.63, 3.8) is 0 Å². The van der Waals surface area contributed by atoms with E-state index in [0.717, 1.165) is 22.2 Å². The highest BCUT2D eigenvalue weighted by Gasteiger charge is 2.36. The van der Waals surface area contributed by atoms with Crippen LogP contribution in [0, 0.1) is 0 Å². The number of carbonyl (C=O) groups excluding carboxylic acids is 3. The molecule has 0 radical (unpaired) electrons. The molecule has 0 aromatic heterocycles. The molecule has 4 rings (SSSR count). The minimum atomic E-state index is -0.564. The number of halogens is 2. The minimum absolute atomic E-state index is 0.188. The second-order valence-corrected chi connectivity index (χ2v) is 10.5. The fraction of sp³-hybridized carbons (Fsp3) is 0.179. The molecule has 1 aliphatic heterocycles. The summed E-state index contributed by atoms with van der Waals surface area (Å²) < 4.78 is 17.5. The number of benzene rings is 3. The Bertz CT molecular complexity index is 1430. The van der Waals surface area contributed by atoms with E-state index in [1.807, 2.05) is 37.3 Å². The highest BCUT2D eigenvalue weighted by molar-refractivity contribution is 9.10. The number of hydrogen-bond acceptors (Lipinski definition) is 7. The molecule has 1 N–H and O–H groups in total. The molecule has 3 aromatic carbocycles. The van der Waals surface area contributed by atoms with Crippen LogP contribution in [0.5, 0.6) is 17.2 Å². The average Bonchev–Trinajstić information content (AvgIpc) is 3.16. The van der Waals surface area contributed by atoms with Crippen LogP contribution in [0.2, 0.25) is 5.02 Å². The molecular formula is C28H24BrClN2O6S. The number of rotatable bonds is 10. The molecule has 0 aliphatic carbocycles. The summed E-state index contributed by atoms with van der Waals surface area (Å²) in [6.45, 7) is 2.18. The number of anilines is 1.